The lowest BCUT2D eigenvalue weighted by atomic mass is 9.58. The Morgan fingerprint density at radius 1 is 1.33 bits per heavy atom. The van der Waals surface area contributed by atoms with E-state index in [4.69, 9.17) is 4.98 Å². The lowest BCUT2D eigenvalue weighted by Crippen LogP contribution is -2.45. The Morgan fingerprint density at radius 3 is 2.77 bits per heavy atom. The number of allylic oxidation sites excluding steroid dienone is 2. The number of imidazole rings is 1. The van der Waals surface area contributed by atoms with E-state index in [1.165, 1.54) is 4.80 Å². The fraction of sp³-hybridized carbons (Fsp3) is 0.450. The van der Waals surface area contributed by atoms with Crippen molar-refractivity contribution in [3.8, 4) is 23.4 Å². The van der Waals surface area contributed by atoms with Crippen LogP contribution in [0.15, 0.2) is 24.0 Å². The Hall–Kier alpha value is -3.61. The quantitative estimate of drug-likeness (QED) is 0.632. The second kappa shape index (κ2) is 6.19. The highest BCUT2D eigenvalue weighted by Crippen LogP contribution is 2.50. The van der Waals surface area contributed by atoms with E-state index in [1.54, 1.807) is 17.9 Å². The van der Waals surface area contributed by atoms with Crippen LogP contribution in [0.2, 0.25) is 0 Å². The lowest BCUT2D eigenvalue weighted by Gasteiger charge is -2.44. The molecule has 2 aliphatic rings. The number of Topliss-reactive ketones (excluding diaryl/α,β-unsaturated/α-hetero) is 1. The largest absolute Gasteiger partial charge is 0.293 e. The Kier molecular flexibility index (Phi) is 3.80. The minimum absolute atomic E-state index is 0.0778. The zero-order chi connectivity index (χ0) is 21.2. The van der Waals surface area contributed by atoms with Crippen molar-refractivity contribution in [1.82, 2.24) is 39.5 Å². The average molecular weight is 403 g/mol. The molecule has 0 fully saturated rings. The summed E-state index contributed by atoms with van der Waals surface area (Å²) in [6.45, 7) is 3.99. The normalized spacial score (nSPS) is 25.4. The molecule has 0 unspecified atom stereocenters. The predicted molar refractivity (Wildman–Crippen MR) is 105 cm³/mol. The number of ketones is 1. The lowest BCUT2D eigenvalue weighted by molar-refractivity contribution is -0.121. The number of carbonyl (C=O) groups excluding carboxylic acids is 1. The first-order valence-electron chi connectivity index (χ1n) is 9.86. The van der Waals surface area contributed by atoms with Gasteiger partial charge in [0.2, 0.25) is 0 Å². The molecule has 0 amide bonds. The molecule has 0 aromatic carbocycles. The van der Waals surface area contributed by atoms with E-state index in [1.807, 2.05) is 30.8 Å². The van der Waals surface area contributed by atoms with Crippen LogP contribution < -0.4 is 0 Å². The van der Waals surface area contributed by atoms with Gasteiger partial charge < -0.3 is 0 Å². The molecule has 152 valence electrons. The minimum atomic E-state index is -0.531. The van der Waals surface area contributed by atoms with Crippen molar-refractivity contribution >= 4 is 5.78 Å². The number of nitriles is 1. The van der Waals surface area contributed by atoms with E-state index in [0.717, 1.165) is 29.8 Å². The highest BCUT2D eigenvalue weighted by atomic mass is 16.1. The van der Waals surface area contributed by atoms with Gasteiger partial charge in [0.25, 0.3) is 5.95 Å². The van der Waals surface area contributed by atoms with Gasteiger partial charge in [0.15, 0.2) is 11.6 Å². The van der Waals surface area contributed by atoms with E-state index in [2.05, 4.69) is 33.5 Å². The maximum Gasteiger partial charge on any atom is 0.276 e. The summed E-state index contributed by atoms with van der Waals surface area (Å²) in [5.41, 5.74) is 2.36. The molecule has 3 heterocycles. The Bertz CT molecular complexity index is 1250. The van der Waals surface area contributed by atoms with Crippen molar-refractivity contribution < 1.29 is 4.79 Å². The van der Waals surface area contributed by atoms with E-state index in [-0.39, 0.29) is 23.2 Å². The fourth-order valence-corrected chi connectivity index (χ4v) is 5.02. The zero-order valence-electron chi connectivity index (χ0n) is 17.2. The molecular weight excluding hydrogens is 382 g/mol. The summed E-state index contributed by atoms with van der Waals surface area (Å²) in [6.07, 6.45) is 7.00. The monoisotopic (exact) mass is 403 g/mol. The number of aromatic nitrogens is 8. The van der Waals surface area contributed by atoms with E-state index in [9.17, 15) is 10.1 Å². The Labute approximate surface area is 172 Å². The van der Waals surface area contributed by atoms with Gasteiger partial charge in [-0.1, -0.05) is 25.0 Å². The molecule has 0 spiro atoms. The third-order valence-corrected chi connectivity index (χ3v) is 6.45. The van der Waals surface area contributed by atoms with Crippen molar-refractivity contribution in [3.63, 3.8) is 0 Å². The molecule has 3 atom stereocenters. The van der Waals surface area contributed by atoms with Gasteiger partial charge in [0.05, 0.1) is 35.8 Å². The van der Waals surface area contributed by atoms with Crippen molar-refractivity contribution in [1.29, 1.82) is 5.26 Å². The van der Waals surface area contributed by atoms with Gasteiger partial charge in [-0.3, -0.25) is 14.0 Å². The molecule has 5 rings (SSSR count). The summed E-state index contributed by atoms with van der Waals surface area (Å²) in [4.78, 5) is 19.1. The number of tetrazole rings is 1. The third kappa shape index (κ3) is 2.41. The minimum Gasteiger partial charge on any atom is -0.293 e. The molecule has 2 aliphatic carbocycles. The molecule has 10 heteroatoms. The number of fused-ring (bicyclic) bond motifs is 3. The first-order valence-corrected chi connectivity index (χ1v) is 9.86. The van der Waals surface area contributed by atoms with Gasteiger partial charge in [-0.15, -0.1) is 5.10 Å². The van der Waals surface area contributed by atoms with Gasteiger partial charge in [0, 0.05) is 24.6 Å². The fourth-order valence-electron chi connectivity index (χ4n) is 5.02. The molecule has 0 aliphatic heterocycles. The summed E-state index contributed by atoms with van der Waals surface area (Å²) < 4.78 is 3.65. The molecule has 0 saturated carbocycles. The number of hydrogen-bond donors (Lipinski definition) is 0. The maximum absolute atomic E-state index is 12.6. The van der Waals surface area contributed by atoms with Crippen LogP contribution in [-0.2, 0) is 30.7 Å². The second-order valence-electron chi connectivity index (χ2n) is 8.30. The number of aryl methyl sites for hydroxylation is 2. The van der Waals surface area contributed by atoms with Gasteiger partial charge in [0.1, 0.15) is 6.07 Å². The van der Waals surface area contributed by atoms with Crippen LogP contribution in [0, 0.1) is 23.2 Å². The van der Waals surface area contributed by atoms with Crippen molar-refractivity contribution in [2.45, 2.75) is 32.1 Å². The van der Waals surface area contributed by atoms with E-state index in [0.29, 0.717) is 11.8 Å². The predicted octanol–water partition coefficient (Wildman–Crippen LogP) is 1.29. The summed E-state index contributed by atoms with van der Waals surface area (Å²) in [7, 11) is 3.57. The standard InChI is InChI=1S/C20H21N9O/c1-11-14-5-6-15-17(20(14,2)7-12(8-21)16(11)30)23-18(13-9-22-27(3)10-13)29(15)19-24-26-28(4)25-19/h7,9-11,14H,5-6H2,1-4H3/t11-,14-,20-/m0/s1. The van der Waals surface area contributed by atoms with Crippen LogP contribution in [0.25, 0.3) is 17.3 Å². The van der Waals surface area contributed by atoms with E-state index < -0.39 is 5.41 Å². The molecular formula is C20H21N9O. The number of hydrogen-bond acceptors (Lipinski definition) is 7. The SMILES string of the molecule is C[C@@H]1C(=O)C(C#N)=C[C@]2(C)c3nc(-c4cnn(C)c4)n(-c4nnn(C)n4)c3CC[C@@H]12. The Balaban J connectivity index is 1.80. The first-order chi connectivity index (χ1) is 14.3. The van der Waals surface area contributed by atoms with Gasteiger partial charge in [-0.25, -0.2) is 4.98 Å². The summed E-state index contributed by atoms with van der Waals surface area (Å²) in [5.74, 6) is 0.890. The van der Waals surface area contributed by atoms with Crippen LogP contribution in [0.3, 0.4) is 0 Å². The Morgan fingerprint density at radius 2 is 2.13 bits per heavy atom. The van der Waals surface area contributed by atoms with Gasteiger partial charge in [-0.2, -0.15) is 15.2 Å². The summed E-state index contributed by atoms with van der Waals surface area (Å²) in [6, 6.07) is 2.09. The van der Waals surface area contributed by atoms with Crippen LogP contribution in [0.1, 0.15) is 31.7 Å². The molecule has 3 aromatic heterocycles. The molecule has 0 saturated heterocycles. The third-order valence-electron chi connectivity index (χ3n) is 6.45. The number of rotatable bonds is 2. The van der Waals surface area contributed by atoms with Crippen molar-refractivity contribution in [2.24, 2.45) is 25.9 Å². The van der Waals surface area contributed by atoms with E-state index >= 15 is 0 Å². The molecule has 0 radical (unpaired) electrons. The highest BCUT2D eigenvalue weighted by Gasteiger charge is 2.50. The van der Waals surface area contributed by atoms with Crippen LogP contribution in [-0.4, -0.2) is 45.3 Å². The molecule has 3 aromatic rings. The number of nitrogens with zero attached hydrogens (tertiary/aromatic N) is 9. The highest BCUT2D eigenvalue weighted by molar-refractivity contribution is 6.02. The van der Waals surface area contributed by atoms with Crippen LogP contribution in [0.4, 0.5) is 0 Å². The van der Waals surface area contributed by atoms with Crippen molar-refractivity contribution in [3.05, 3.63) is 35.4 Å². The molecule has 0 bridgehead atoms. The topological polar surface area (TPSA) is 120 Å². The first kappa shape index (κ1) is 18.4. The van der Waals surface area contributed by atoms with Gasteiger partial charge in [-0.05, 0) is 24.0 Å². The average Bonchev–Trinajstić information content (AvgIpc) is 3.42. The second-order valence-corrected chi connectivity index (χ2v) is 8.30. The van der Waals surface area contributed by atoms with Crippen LogP contribution >= 0.6 is 0 Å². The summed E-state index contributed by atoms with van der Waals surface area (Å²) >= 11 is 0. The maximum atomic E-state index is 12.6. The smallest absolute Gasteiger partial charge is 0.276 e. The van der Waals surface area contributed by atoms with Gasteiger partial charge >= 0.3 is 0 Å². The zero-order valence-corrected chi connectivity index (χ0v) is 17.2. The summed E-state index contributed by atoms with van der Waals surface area (Å²) in [5, 5.41) is 26.5. The van der Waals surface area contributed by atoms with Crippen LogP contribution in [0.5, 0.6) is 0 Å². The molecule has 10 nitrogen and oxygen atoms in total. The number of carbonyl (C=O) groups is 1. The van der Waals surface area contributed by atoms with Crippen molar-refractivity contribution in [2.75, 3.05) is 0 Å². The molecule has 0 N–H and O–H groups in total. The molecule has 30 heavy (non-hydrogen) atoms.